The molecule has 0 spiro atoms. The number of aromatic nitrogens is 1. The topological polar surface area (TPSA) is 12.9 Å². The van der Waals surface area contributed by atoms with E-state index in [4.69, 9.17) is 0 Å². The molecule has 0 bridgehead atoms. The van der Waals surface area contributed by atoms with Gasteiger partial charge in [0.1, 0.15) is 0 Å². The standard InChI is InChI=1S/C13H13NSe/c1-11-6-5-7-12(14-11)10-15-13-8-3-2-4-9-13/h2-9H,10H2,1H3. The molecule has 2 heteroatoms. The summed E-state index contributed by atoms with van der Waals surface area (Å²) in [4.78, 5) is 4.50. The third kappa shape index (κ3) is 3.19. The summed E-state index contributed by atoms with van der Waals surface area (Å²) in [6.45, 7) is 2.04. The van der Waals surface area contributed by atoms with Gasteiger partial charge in [-0.1, -0.05) is 0 Å². The van der Waals surface area contributed by atoms with Gasteiger partial charge in [-0.05, 0) is 0 Å². The molecule has 2 aromatic rings. The molecule has 0 N–H and O–H groups in total. The molecule has 15 heavy (non-hydrogen) atoms. The summed E-state index contributed by atoms with van der Waals surface area (Å²) in [5.41, 5.74) is 2.32. The van der Waals surface area contributed by atoms with Gasteiger partial charge in [-0.25, -0.2) is 0 Å². The molecular weight excluding hydrogens is 249 g/mol. The molecule has 1 aromatic carbocycles. The van der Waals surface area contributed by atoms with E-state index in [-0.39, 0.29) is 0 Å². The van der Waals surface area contributed by atoms with Crippen molar-refractivity contribution in [1.29, 1.82) is 0 Å². The average molecular weight is 262 g/mol. The Kier molecular flexibility index (Phi) is 3.54. The van der Waals surface area contributed by atoms with Gasteiger partial charge in [-0.2, -0.15) is 0 Å². The van der Waals surface area contributed by atoms with Crippen LogP contribution in [0, 0.1) is 6.92 Å². The van der Waals surface area contributed by atoms with Gasteiger partial charge in [0.25, 0.3) is 0 Å². The zero-order valence-corrected chi connectivity index (χ0v) is 10.4. The van der Waals surface area contributed by atoms with Crippen LogP contribution in [0.15, 0.2) is 48.5 Å². The fraction of sp³-hybridized carbons (Fsp3) is 0.154. The summed E-state index contributed by atoms with van der Waals surface area (Å²) in [6.07, 6.45) is 0. The number of benzene rings is 1. The number of hydrogen-bond donors (Lipinski definition) is 0. The minimum absolute atomic E-state index is 0.502. The Balaban J connectivity index is 1.99. The van der Waals surface area contributed by atoms with Gasteiger partial charge in [-0.3, -0.25) is 0 Å². The van der Waals surface area contributed by atoms with Crippen molar-refractivity contribution in [2.24, 2.45) is 0 Å². The van der Waals surface area contributed by atoms with E-state index < -0.39 is 0 Å². The van der Waals surface area contributed by atoms with E-state index in [1.165, 1.54) is 10.2 Å². The molecule has 0 unspecified atom stereocenters. The summed E-state index contributed by atoms with van der Waals surface area (Å²) in [5, 5.41) is 1.08. The monoisotopic (exact) mass is 263 g/mol. The van der Waals surface area contributed by atoms with Crippen LogP contribution in [0.5, 0.6) is 0 Å². The van der Waals surface area contributed by atoms with Gasteiger partial charge in [0.05, 0.1) is 0 Å². The van der Waals surface area contributed by atoms with E-state index in [0.717, 1.165) is 11.0 Å². The number of hydrogen-bond acceptors (Lipinski definition) is 1. The molecule has 2 rings (SSSR count). The Hall–Kier alpha value is -1.11. The summed E-state index contributed by atoms with van der Waals surface area (Å²) in [7, 11) is 0. The zero-order valence-electron chi connectivity index (χ0n) is 8.68. The normalized spacial score (nSPS) is 10.2. The molecule has 0 saturated heterocycles. The maximum absolute atomic E-state index is 4.50. The number of pyridine rings is 1. The first-order valence-electron chi connectivity index (χ1n) is 4.95. The van der Waals surface area contributed by atoms with Crippen LogP contribution in [0.3, 0.4) is 0 Å². The van der Waals surface area contributed by atoms with Crippen molar-refractivity contribution in [1.82, 2.24) is 4.98 Å². The van der Waals surface area contributed by atoms with Crippen molar-refractivity contribution in [2.45, 2.75) is 12.2 Å². The SMILES string of the molecule is Cc1cccc(C[Se]c2ccccc2)n1. The van der Waals surface area contributed by atoms with Crippen molar-refractivity contribution in [2.75, 3.05) is 0 Å². The van der Waals surface area contributed by atoms with Gasteiger partial charge in [0, 0.05) is 0 Å². The van der Waals surface area contributed by atoms with Crippen molar-refractivity contribution in [3.05, 3.63) is 59.9 Å². The van der Waals surface area contributed by atoms with Gasteiger partial charge < -0.3 is 0 Å². The van der Waals surface area contributed by atoms with Crippen LogP contribution in [-0.2, 0) is 5.32 Å². The molecule has 1 nitrogen and oxygen atoms in total. The predicted molar refractivity (Wildman–Crippen MR) is 64.5 cm³/mol. The fourth-order valence-corrected chi connectivity index (χ4v) is 3.08. The number of nitrogens with zero attached hydrogens (tertiary/aromatic N) is 1. The number of aryl methyl sites for hydroxylation is 1. The summed E-state index contributed by atoms with van der Waals surface area (Å²) < 4.78 is 1.44. The van der Waals surface area contributed by atoms with E-state index in [2.05, 4.69) is 47.4 Å². The van der Waals surface area contributed by atoms with Crippen LogP contribution in [0.4, 0.5) is 0 Å². The Labute approximate surface area is 96.7 Å². The molecule has 0 aliphatic rings. The molecule has 76 valence electrons. The molecule has 0 fully saturated rings. The third-order valence-corrected chi connectivity index (χ3v) is 4.27. The first kappa shape index (κ1) is 10.4. The van der Waals surface area contributed by atoms with E-state index in [1.807, 2.05) is 13.0 Å². The zero-order chi connectivity index (χ0) is 10.5. The first-order valence-corrected chi connectivity index (χ1v) is 7.02. The summed E-state index contributed by atoms with van der Waals surface area (Å²) >= 11 is 0.502. The quantitative estimate of drug-likeness (QED) is 0.770. The van der Waals surface area contributed by atoms with Crippen molar-refractivity contribution >= 4 is 19.4 Å². The van der Waals surface area contributed by atoms with E-state index >= 15 is 0 Å². The maximum atomic E-state index is 4.50. The van der Waals surface area contributed by atoms with Crippen LogP contribution in [0.1, 0.15) is 11.4 Å². The van der Waals surface area contributed by atoms with Crippen LogP contribution in [0.2, 0.25) is 0 Å². The van der Waals surface area contributed by atoms with Crippen LogP contribution in [-0.4, -0.2) is 19.9 Å². The van der Waals surface area contributed by atoms with Crippen molar-refractivity contribution in [3.8, 4) is 0 Å². The van der Waals surface area contributed by atoms with Gasteiger partial charge in [0.2, 0.25) is 0 Å². The second-order valence-corrected chi connectivity index (χ2v) is 5.57. The van der Waals surface area contributed by atoms with E-state index in [0.29, 0.717) is 15.0 Å². The summed E-state index contributed by atoms with van der Waals surface area (Å²) in [6, 6.07) is 16.9. The molecule has 0 aliphatic heterocycles. The molecule has 1 heterocycles. The molecular formula is C13H13NSe. The predicted octanol–water partition coefficient (Wildman–Crippen LogP) is 1.92. The minimum atomic E-state index is 0.502. The Morgan fingerprint density at radius 1 is 1.00 bits per heavy atom. The van der Waals surface area contributed by atoms with Crippen molar-refractivity contribution in [3.63, 3.8) is 0 Å². The van der Waals surface area contributed by atoms with Crippen molar-refractivity contribution < 1.29 is 0 Å². The second kappa shape index (κ2) is 5.11. The average Bonchev–Trinajstić information content (AvgIpc) is 2.28. The molecule has 0 amide bonds. The van der Waals surface area contributed by atoms with Crippen LogP contribution >= 0.6 is 0 Å². The molecule has 1 aromatic heterocycles. The van der Waals surface area contributed by atoms with Gasteiger partial charge in [-0.15, -0.1) is 0 Å². The van der Waals surface area contributed by atoms with Gasteiger partial charge in [0.15, 0.2) is 0 Å². The van der Waals surface area contributed by atoms with Gasteiger partial charge >= 0.3 is 96.6 Å². The molecule has 0 saturated carbocycles. The molecule has 0 radical (unpaired) electrons. The first-order chi connectivity index (χ1) is 7.34. The van der Waals surface area contributed by atoms with Crippen LogP contribution in [0.25, 0.3) is 0 Å². The van der Waals surface area contributed by atoms with Crippen LogP contribution < -0.4 is 4.46 Å². The Bertz CT molecular complexity index is 426. The Morgan fingerprint density at radius 2 is 1.80 bits per heavy atom. The second-order valence-electron chi connectivity index (χ2n) is 3.37. The fourth-order valence-electron chi connectivity index (χ4n) is 1.35. The number of rotatable bonds is 3. The molecule has 0 atom stereocenters. The van der Waals surface area contributed by atoms with E-state index in [1.54, 1.807) is 0 Å². The summed E-state index contributed by atoms with van der Waals surface area (Å²) in [5.74, 6) is 0. The molecule has 0 aliphatic carbocycles. The Morgan fingerprint density at radius 3 is 2.53 bits per heavy atom. The third-order valence-electron chi connectivity index (χ3n) is 2.08. The van der Waals surface area contributed by atoms with E-state index in [9.17, 15) is 0 Å².